The molecule has 6 nitrogen and oxygen atoms in total. The second kappa shape index (κ2) is 4.85. The van der Waals surface area contributed by atoms with Gasteiger partial charge in [-0.2, -0.15) is 5.10 Å². The van der Waals surface area contributed by atoms with Crippen molar-refractivity contribution in [2.45, 2.75) is 38.5 Å². The third kappa shape index (κ3) is 3.28. The number of hydrogen-bond acceptors (Lipinski definition) is 4. The monoisotopic (exact) mass is 240 g/mol. The minimum Gasteiger partial charge on any atom is -0.391 e. The van der Waals surface area contributed by atoms with Gasteiger partial charge in [0, 0.05) is 18.8 Å². The number of nitrogens with zero attached hydrogens (tertiary/aromatic N) is 2. The number of hydrogen-bond donors (Lipinski definition) is 3. The molecule has 96 valence electrons. The van der Waals surface area contributed by atoms with Crippen molar-refractivity contribution in [3.05, 3.63) is 18.0 Å². The molecule has 17 heavy (non-hydrogen) atoms. The lowest BCUT2D eigenvalue weighted by atomic mass is 9.98. The molecule has 0 spiro atoms. The van der Waals surface area contributed by atoms with E-state index in [2.05, 4.69) is 10.4 Å². The smallest absolute Gasteiger partial charge is 0.242 e. The molecule has 2 unspecified atom stereocenters. The van der Waals surface area contributed by atoms with E-state index in [4.69, 9.17) is 5.73 Å². The SMILES string of the molecule is CC(O)C(C)(C)NC(=O)C(N)c1cnn(C)c1. The molecule has 1 heterocycles. The van der Waals surface area contributed by atoms with E-state index in [1.807, 2.05) is 0 Å². The molecule has 4 N–H and O–H groups in total. The van der Waals surface area contributed by atoms with Crippen LogP contribution in [0.15, 0.2) is 12.4 Å². The molecule has 1 amide bonds. The van der Waals surface area contributed by atoms with Crippen molar-refractivity contribution >= 4 is 5.91 Å². The third-order valence-electron chi connectivity index (χ3n) is 2.86. The first-order chi connectivity index (χ1) is 7.74. The molecule has 0 aliphatic rings. The highest BCUT2D eigenvalue weighted by Gasteiger charge is 2.29. The van der Waals surface area contributed by atoms with Crippen molar-refractivity contribution < 1.29 is 9.90 Å². The molecular weight excluding hydrogens is 220 g/mol. The zero-order valence-electron chi connectivity index (χ0n) is 10.6. The topological polar surface area (TPSA) is 93.2 Å². The Morgan fingerprint density at radius 1 is 1.65 bits per heavy atom. The van der Waals surface area contributed by atoms with E-state index in [1.54, 1.807) is 44.9 Å². The number of aromatic nitrogens is 2. The Morgan fingerprint density at radius 3 is 2.65 bits per heavy atom. The van der Waals surface area contributed by atoms with Crippen molar-refractivity contribution in [2.75, 3.05) is 0 Å². The van der Waals surface area contributed by atoms with Crippen LogP contribution in [0, 0.1) is 0 Å². The van der Waals surface area contributed by atoms with Gasteiger partial charge in [-0.25, -0.2) is 0 Å². The summed E-state index contributed by atoms with van der Waals surface area (Å²) < 4.78 is 1.59. The number of rotatable bonds is 4. The van der Waals surface area contributed by atoms with Crippen molar-refractivity contribution in [2.24, 2.45) is 12.8 Å². The van der Waals surface area contributed by atoms with Crippen LogP contribution < -0.4 is 11.1 Å². The van der Waals surface area contributed by atoms with E-state index in [0.29, 0.717) is 5.56 Å². The van der Waals surface area contributed by atoms with Gasteiger partial charge >= 0.3 is 0 Å². The zero-order valence-corrected chi connectivity index (χ0v) is 10.6. The Morgan fingerprint density at radius 2 is 2.24 bits per heavy atom. The van der Waals surface area contributed by atoms with Crippen LogP contribution in [0.3, 0.4) is 0 Å². The van der Waals surface area contributed by atoms with E-state index in [-0.39, 0.29) is 5.91 Å². The first-order valence-corrected chi connectivity index (χ1v) is 5.48. The molecule has 1 rings (SSSR count). The minimum atomic E-state index is -0.776. The third-order valence-corrected chi connectivity index (χ3v) is 2.86. The minimum absolute atomic E-state index is 0.330. The number of carbonyl (C=O) groups is 1. The highest BCUT2D eigenvalue weighted by Crippen LogP contribution is 2.13. The van der Waals surface area contributed by atoms with E-state index in [1.165, 1.54) is 0 Å². The van der Waals surface area contributed by atoms with Crippen molar-refractivity contribution in [3.63, 3.8) is 0 Å². The van der Waals surface area contributed by atoms with Crippen LogP contribution in [0.2, 0.25) is 0 Å². The van der Waals surface area contributed by atoms with Gasteiger partial charge in [0.25, 0.3) is 0 Å². The van der Waals surface area contributed by atoms with Crippen LogP contribution in [-0.2, 0) is 11.8 Å². The van der Waals surface area contributed by atoms with Gasteiger partial charge in [0.1, 0.15) is 6.04 Å². The van der Waals surface area contributed by atoms with Crippen LogP contribution in [0.1, 0.15) is 32.4 Å². The lowest BCUT2D eigenvalue weighted by Crippen LogP contribution is -2.53. The number of aliphatic hydroxyl groups is 1. The summed E-state index contributed by atoms with van der Waals surface area (Å²) in [5.41, 5.74) is 5.75. The number of nitrogens with one attached hydrogen (secondary N) is 1. The Hall–Kier alpha value is -1.40. The molecule has 0 radical (unpaired) electrons. The number of carbonyl (C=O) groups excluding carboxylic acids is 1. The average molecular weight is 240 g/mol. The second-order valence-electron chi connectivity index (χ2n) is 4.81. The Bertz CT molecular complexity index is 398. The van der Waals surface area contributed by atoms with Gasteiger partial charge in [0.2, 0.25) is 5.91 Å². The summed E-state index contributed by atoms with van der Waals surface area (Å²) in [4.78, 5) is 11.9. The van der Waals surface area contributed by atoms with E-state index >= 15 is 0 Å². The summed E-state index contributed by atoms with van der Waals surface area (Å²) >= 11 is 0. The fourth-order valence-corrected chi connectivity index (χ4v) is 1.25. The lowest BCUT2D eigenvalue weighted by Gasteiger charge is -2.30. The van der Waals surface area contributed by atoms with E-state index in [0.717, 1.165) is 0 Å². The summed E-state index contributed by atoms with van der Waals surface area (Å²) in [6, 6.07) is -0.776. The number of aliphatic hydroxyl groups excluding tert-OH is 1. The molecule has 0 saturated carbocycles. The number of nitrogens with two attached hydrogens (primary N) is 1. The molecule has 2 atom stereocenters. The van der Waals surface area contributed by atoms with Gasteiger partial charge in [-0.05, 0) is 20.8 Å². The van der Waals surface area contributed by atoms with Gasteiger partial charge in [0.15, 0.2) is 0 Å². The fourth-order valence-electron chi connectivity index (χ4n) is 1.25. The van der Waals surface area contributed by atoms with Crippen molar-refractivity contribution in [1.82, 2.24) is 15.1 Å². The molecule has 0 bridgehead atoms. The Kier molecular flexibility index (Phi) is 3.90. The van der Waals surface area contributed by atoms with Gasteiger partial charge < -0.3 is 16.2 Å². The lowest BCUT2D eigenvalue weighted by molar-refractivity contribution is -0.125. The molecule has 6 heteroatoms. The Labute approximate surface area is 101 Å². The molecule has 0 aliphatic carbocycles. The summed E-state index contributed by atoms with van der Waals surface area (Å²) in [5, 5.41) is 16.2. The molecular formula is C11H20N4O2. The van der Waals surface area contributed by atoms with Gasteiger partial charge in [-0.15, -0.1) is 0 Å². The normalized spacial score (nSPS) is 15.4. The first-order valence-electron chi connectivity index (χ1n) is 5.48. The number of amides is 1. The van der Waals surface area contributed by atoms with Crippen LogP contribution in [0.4, 0.5) is 0 Å². The summed E-state index contributed by atoms with van der Waals surface area (Å²) in [5.74, 6) is -0.330. The van der Waals surface area contributed by atoms with Gasteiger partial charge in [-0.3, -0.25) is 9.48 Å². The van der Waals surface area contributed by atoms with E-state index < -0.39 is 17.7 Å². The van der Waals surface area contributed by atoms with Gasteiger partial charge in [0.05, 0.1) is 17.8 Å². The highest BCUT2D eigenvalue weighted by atomic mass is 16.3. The summed E-state index contributed by atoms with van der Waals surface area (Å²) in [7, 11) is 1.76. The summed E-state index contributed by atoms with van der Waals surface area (Å²) in [6.07, 6.45) is 2.59. The van der Waals surface area contributed by atoms with Crippen molar-refractivity contribution in [3.8, 4) is 0 Å². The van der Waals surface area contributed by atoms with Crippen LogP contribution in [-0.4, -0.2) is 32.4 Å². The standard InChI is InChI=1S/C11H20N4O2/c1-7(16)11(2,3)14-10(17)9(12)8-5-13-15(4)6-8/h5-7,9,16H,12H2,1-4H3,(H,14,17). The molecule has 0 fully saturated rings. The number of aryl methyl sites for hydroxylation is 1. The fraction of sp³-hybridized carbons (Fsp3) is 0.636. The molecule has 0 saturated heterocycles. The Balaban J connectivity index is 2.71. The van der Waals surface area contributed by atoms with Crippen LogP contribution in [0.25, 0.3) is 0 Å². The quantitative estimate of drug-likeness (QED) is 0.673. The molecule has 0 aromatic carbocycles. The van der Waals surface area contributed by atoms with Gasteiger partial charge in [-0.1, -0.05) is 0 Å². The van der Waals surface area contributed by atoms with Crippen molar-refractivity contribution in [1.29, 1.82) is 0 Å². The molecule has 1 aromatic rings. The maximum Gasteiger partial charge on any atom is 0.242 e. The summed E-state index contributed by atoms with van der Waals surface area (Å²) in [6.45, 7) is 5.10. The predicted octanol–water partition coefficient (Wildman–Crippen LogP) is -0.304. The zero-order chi connectivity index (χ0) is 13.2. The van der Waals surface area contributed by atoms with Crippen LogP contribution >= 0.6 is 0 Å². The molecule has 1 aromatic heterocycles. The first kappa shape index (κ1) is 13.7. The predicted molar refractivity (Wildman–Crippen MR) is 64.0 cm³/mol. The van der Waals surface area contributed by atoms with E-state index in [9.17, 15) is 9.90 Å². The second-order valence-corrected chi connectivity index (χ2v) is 4.81. The molecule has 0 aliphatic heterocycles. The maximum atomic E-state index is 11.9. The average Bonchev–Trinajstić information content (AvgIpc) is 2.62. The highest BCUT2D eigenvalue weighted by molar-refractivity contribution is 5.83. The largest absolute Gasteiger partial charge is 0.391 e. The van der Waals surface area contributed by atoms with Crippen LogP contribution in [0.5, 0.6) is 0 Å². The maximum absolute atomic E-state index is 11.9.